The van der Waals surface area contributed by atoms with Gasteiger partial charge >= 0.3 is 0 Å². The summed E-state index contributed by atoms with van der Waals surface area (Å²) in [7, 11) is 0. The lowest BCUT2D eigenvalue weighted by Crippen LogP contribution is -2.51. The lowest BCUT2D eigenvalue weighted by molar-refractivity contribution is 0.106. The molecule has 1 fully saturated rings. The van der Waals surface area contributed by atoms with Crippen LogP contribution in [0.25, 0.3) is 0 Å². The second-order valence-electron chi connectivity index (χ2n) is 3.54. The molecule has 3 heteroatoms. The number of aliphatic hydroxyl groups is 1. The lowest BCUT2D eigenvalue weighted by atomic mass is 9.96. The predicted octanol–water partition coefficient (Wildman–Crippen LogP) is 0.180. The van der Waals surface area contributed by atoms with E-state index in [2.05, 4.69) is 11.8 Å². The molecule has 0 aromatic heterocycles. The van der Waals surface area contributed by atoms with E-state index in [1.807, 2.05) is 0 Å². The molecular formula is C9H20N2O. The Kier molecular flexibility index (Phi) is 3.98. The van der Waals surface area contributed by atoms with Crippen LogP contribution in [0.15, 0.2) is 0 Å². The van der Waals surface area contributed by atoms with Crippen molar-refractivity contribution in [1.29, 1.82) is 0 Å². The normalized spacial score (nSPS) is 28.8. The van der Waals surface area contributed by atoms with Crippen LogP contribution in [0.2, 0.25) is 0 Å². The zero-order valence-corrected chi connectivity index (χ0v) is 7.87. The molecule has 1 aliphatic rings. The molecule has 0 aliphatic carbocycles. The summed E-state index contributed by atoms with van der Waals surface area (Å²) in [6.07, 6.45) is 3.69. The quantitative estimate of drug-likeness (QED) is 0.638. The smallest absolute Gasteiger partial charge is 0.0597 e. The van der Waals surface area contributed by atoms with Crippen molar-refractivity contribution in [2.24, 2.45) is 5.73 Å². The minimum Gasteiger partial charge on any atom is -0.395 e. The molecule has 1 saturated heterocycles. The molecule has 3 N–H and O–H groups in total. The van der Waals surface area contributed by atoms with E-state index in [0.29, 0.717) is 6.04 Å². The fourth-order valence-corrected chi connectivity index (χ4v) is 2.02. The number of nitrogens with two attached hydrogens (primary N) is 1. The van der Waals surface area contributed by atoms with E-state index >= 15 is 0 Å². The Labute approximate surface area is 74.5 Å². The largest absolute Gasteiger partial charge is 0.395 e. The predicted molar refractivity (Wildman–Crippen MR) is 49.9 cm³/mol. The second kappa shape index (κ2) is 4.80. The highest BCUT2D eigenvalue weighted by atomic mass is 16.3. The van der Waals surface area contributed by atoms with Gasteiger partial charge in [0.1, 0.15) is 0 Å². The number of hydrogen-bond donors (Lipinski definition) is 2. The highest BCUT2D eigenvalue weighted by Crippen LogP contribution is 2.18. The van der Waals surface area contributed by atoms with Gasteiger partial charge < -0.3 is 10.8 Å². The van der Waals surface area contributed by atoms with E-state index in [9.17, 15) is 0 Å². The van der Waals surface area contributed by atoms with Gasteiger partial charge in [0.25, 0.3) is 0 Å². The summed E-state index contributed by atoms with van der Waals surface area (Å²) in [5.41, 5.74) is 5.82. The molecule has 72 valence electrons. The van der Waals surface area contributed by atoms with Crippen molar-refractivity contribution in [2.45, 2.75) is 38.3 Å². The molecule has 2 atom stereocenters. The van der Waals surface area contributed by atoms with Gasteiger partial charge in [0.2, 0.25) is 0 Å². The van der Waals surface area contributed by atoms with Crippen molar-refractivity contribution >= 4 is 0 Å². The summed E-state index contributed by atoms with van der Waals surface area (Å²) in [4.78, 5) is 2.38. The minimum absolute atomic E-state index is 0.0507. The Morgan fingerprint density at radius 1 is 1.58 bits per heavy atom. The molecule has 3 nitrogen and oxygen atoms in total. The molecule has 0 radical (unpaired) electrons. The minimum atomic E-state index is -0.0507. The third kappa shape index (κ3) is 2.19. The van der Waals surface area contributed by atoms with E-state index in [1.165, 1.54) is 12.8 Å². The monoisotopic (exact) mass is 172 g/mol. The first-order valence-electron chi connectivity index (χ1n) is 4.90. The highest BCUT2D eigenvalue weighted by Gasteiger charge is 2.25. The maximum Gasteiger partial charge on any atom is 0.0597 e. The molecule has 1 heterocycles. The number of likely N-dealkylation sites (N-methyl/N-ethyl adjacent to an activating group) is 1. The number of likely N-dealkylation sites (tertiary alicyclic amines) is 1. The topological polar surface area (TPSA) is 49.5 Å². The molecule has 0 spiro atoms. The van der Waals surface area contributed by atoms with Gasteiger partial charge in [-0.1, -0.05) is 13.3 Å². The number of nitrogens with zero attached hydrogens (tertiary/aromatic N) is 1. The average molecular weight is 172 g/mol. The van der Waals surface area contributed by atoms with Gasteiger partial charge in [-0.15, -0.1) is 0 Å². The fraction of sp³-hybridized carbons (Fsp3) is 1.00. The van der Waals surface area contributed by atoms with Crippen molar-refractivity contribution in [3.8, 4) is 0 Å². The summed E-state index contributed by atoms with van der Waals surface area (Å²) in [5, 5.41) is 8.95. The molecule has 0 amide bonds. The highest BCUT2D eigenvalue weighted by molar-refractivity contribution is 4.84. The Balaban J connectivity index is 2.46. The van der Waals surface area contributed by atoms with Gasteiger partial charge in [-0.3, -0.25) is 4.90 Å². The fourth-order valence-electron chi connectivity index (χ4n) is 2.02. The number of hydrogen-bond acceptors (Lipinski definition) is 3. The van der Waals surface area contributed by atoms with Crippen molar-refractivity contribution in [3.63, 3.8) is 0 Å². The Bertz CT molecular complexity index is 130. The first-order chi connectivity index (χ1) is 5.79. The van der Waals surface area contributed by atoms with Crippen molar-refractivity contribution in [2.75, 3.05) is 19.7 Å². The molecule has 1 rings (SSSR count). The average Bonchev–Trinajstić information content (AvgIpc) is 2.16. The Hall–Kier alpha value is -0.120. The zero-order chi connectivity index (χ0) is 8.97. The lowest BCUT2D eigenvalue weighted by Gasteiger charge is -2.37. The van der Waals surface area contributed by atoms with Gasteiger partial charge in [-0.25, -0.2) is 0 Å². The maximum atomic E-state index is 8.95. The van der Waals surface area contributed by atoms with Crippen molar-refractivity contribution in [3.05, 3.63) is 0 Å². The van der Waals surface area contributed by atoms with E-state index in [-0.39, 0.29) is 12.6 Å². The van der Waals surface area contributed by atoms with Crippen LogP contribution in [0.3, 0.4) is 0 Å². The van der Waals surface area contributed by atoms with Gasteiger partial charge in [0.15, 0.2) is 0 Å². The van der Waals surface area contributed by atoms with Crippen molar-refractivity contribution in [1.82, 2.24) is 4.90 Å². The van der Waals surface area contributed by atoms with Crippen LogP contribution >= 0.6 is 0 Å². The molecule has 0 aromatic rings. The van der Waals surface area contributed by atoms with E-state index in [4.69, 9.17) is 10.8 Å². The molecule has 2 unspecified atom stereocenters. The Morgan fingerprint density at radius 2 is 2.33 bits per heavy atom. The second-order valence-corrected chi connectivity index (χ2v) is 3.54. The molecule has 0 aromatic carbocycles. The summed E-state index contributed by atoms with van der Waals surface area (Å²) in [6.45, 7) is 4.47. The summed E-state index contributed by atoms with van der Waals surface area (Å²) in [5.74, 6) is 0. The van der Waals surface area contributed by atoms with Crippen LogP contribution in [0.1, 0.15) is 26.2 Å². The molecule has 0 saturated carbocycles. The maximum absolute atomic E-state index is 8.95. The van der Waals surface area contributed by atoms with Gasteiger partial charge in [-0.05, 0) is 25.9 Å². The zero-order valence-electron chi connectivity index (χ0n) is 7.87. The number of piperidine rings is 1. The molecule has 1 aliphatic heterocycles. The van der Waals surface area contributed by atoms with Crippen molar-refractivity contribution < 1.29 is 5.11 Å². The SMILES string of the molecule is CCN1CCCCC1C(N)CO. The van der Waals surface area contributed by atoms with Crippen LogP contribution in [-0.4, -0.2) is 41.8 Å². The van der Waals surface area contributed by atoms with Crippen LogP contribution in [0, 0.1) is 0 Å². The standard InChI is InChI=1S/C9H20N2O/c1-2-11-6-4-3-5-9(11)8(10)7-12/h8-9,12H,2-7,10H2,1H3. The van der Waals surface area contributed by atoms with Crippen LogP contribution in [0.4, 0.5) is 0 Å². The van der Waals surface area contributed by atoms with E-state index < -0.39 is 0 Å². The third-order valence-electron chi connectivity index (χ3n) is 2.78. The van der Waals surface area contributed by atoms with Gasteiger partial charge in [0.05, 0.1) is 6.61 Å². The van der Waals surface area contributed by atoms with E-state index in [0.717, 1.165) is 19.5 Å². The molecule has 0 bridgehead atoms. The molecule has 12 heavy (non-hydrogen) atoms. The first-order valence-corrected chi connectivity index (χ1v) is 4.90. The van der Waals surface area contributed by atoms with Crippen LogP contribution in [0.5, 0.6) is 0 Å². The summed E-state index contributed by atoms with van der Waals surface area (Å²) >= 11 is 0. The third-order valence-corrected chi connectivity index (χ3v) is 2.78. The summed E-state index contributed by atoms with van der Waals surface area (Å²) in [6, 6.07) is 0.360. The first kappa shape index (κ1) is 9.96. The number of aliphatic hydroxyl groups excluding tert-OH is 1. The summed E-state index contributed by atoms with van der Waals surface area (Å²) < 4.78 is 0. The van der Waals surface area contributed by atoms with Crippen LogP contribution < -0.4 is 5.73 Å². The molecular weight excluding hydrogens is 152 g/mol. The number of rotatable bonds is 3. The van der Waals surface area contributed by atoms with Gasteiger partial charge in [0, 0.05) is 12.1 Å². The van der Waals surface area contributed by atoms with Crippen LogP contribution in [-0.2, 0) is 0 Å². The van der Waals surface area contributed by atoms with E-state index in [1.54, 1.807) is 0 Å². The Morgan fingerprint density at radius 3 is 2.92 bits per heavy atom. The van der Waals surface area contributed by atoms with Gasteiger partial charge in [-0.2, -0.15) is 0 Å².